The zero-order chi connectivity index (χ0) is 9.90. The molecule has 2 N–H and O–H groups in total. The molecule has 1 amide bonds. The molecule has 1 saturated heterocycles. The molecular weight excluding hydrogens is 196 g/mol. The van der Waals surface area contributed by atoms with Crippen LogP contribution >= 0.6 is 0 Å². The van der Waals surface area contributed by atoms with Gasteiger partial charge >= 0.3 is 0 Å². The summed E-state index contributed by atoms with van der Waals surface area (Å²) in [5.74, 6) is -0.145. The van der Waals surface area contributed by atoms with Gasteiger partial charge in [0, 0.05) is 6.54 Å². The number of amides is 1. The van der Waals surface area contributed by atoms with Crippen LogP contribution in [0, 0.1) is 0 Å². The topological polar surface area (TPSA) is 84.5 Å². The molecule has 0 saturated carbocycles. The van der Waals surface area contributed by atoms with Crippen LogP contribution in [0.15, 0.2) is 0 Å². The summed E-state index contributed by atoms with van der Waals surface area (Å²) in [6.07, 6.45) is 0.977. The van der Waals surface area contributed by atoms with Crippen molar-refractivity contribution in [1.29, 1.82) is 0 Å². The van der Waals surface area contributed by atoms with Gasteiger partial charge in [0.1, 0.15) is 0 Å². The first-order valence-corrected chi connectivity index (χ1v) is 5.63. The maximum atomic E-state index is 10.8. The van der Waals surface area contributed by atoms with E-state index in [9.17, 15) is 13.2 Å². The predicted octanol–water partition coefficient (Wildman–Crippen LogP) is -1.95. The molecule has 13 heavy (non-hydrogen) atoms. The number of carbonyl (C=O) groups excluding carboxylic acids is 1. The zero-order valence-corrected chi connectivity index (χ0v) is 8.06. The molecule has 0 unspecified atom stereocenters. The first-order chi connectivity index (χ1) is 5.97. The Morgan fingerprint density at radius 2 is 2.31 bits per heavy atom. The van der Waals surface area contributed by atoms with Crippen LogP contribution in [0.2, 0.25) is 0 Å². The maximum absolute atomic E-state index is 10.8. The molecule has 7 heteroatoms. The van der Waals surface area contributed by atoms with Gasteiger partial charge < -0.3 is 10.6 Å². The third kappa shape index (κ3) is 4.20. The summed E-state index contributed by atoms with van der Waals surface area (Å²) in [7, 11) is -3.42. The minimum absolute atomic E-state index is 0.0163. The summed E-state index contributed by atoms with van der Waals surface area (Å²) in [6.45, 7) is 0.786. The van der Waals surface area contributed by atoms with Gasteiger partial charge in [-0.3, -0.25) is 8.98 Å². The highest BCUT2D eigenvalue weighted by Crippen LogP contribution is 1.93. The highest BCUT2D eigenvalue weighted by atomic mass is 32.2. The fourth-order valence-corrected chi connectivity index (χ4v) is 1.41. The van der Waals surface area contributed by atoms with E-state index in [0.717, 1.165) is 6.26 Å². The van der Waals surface area contributed by atoms with Crippen LogP contribution in [0.25, 0.3) is 0 Å². The lowest BCUT2D eigenvalue weighted by Gasteiger charge is -2.23. The Kier molecular flexibility index (Phi) is 3.23. The Balaban J connectivity index is 2.33. The minimum Gasteiger partial charge on any atom is -0.349 e. The largest absolute Gasteiger partial charge is 0.349 e. The molecule has 0 radical (unpaired) electrons. The summed E-state index contributed by atoms with van der Waals surface area (Å²) < 4.78 is 25.7. The van der Waals surface area contributed by atoms with Gasteiger partial charge in [-0.05, 0) is 0 Å². The molecule has 0 aliphatic carbocycles. The number of piperazine rings is 1. The average molecular weight is 208 g/mol. The summed E-state index contributed by atoms with van der Waals surface area (Å²) in [6, 6.07) is -0.268. The quantitative estimate of drug-likeness (QED) is 0.527. The van der Waals surface area contributed by atoms with E-state index in [1.807, 2.05) is 0 Å². The monoisotopic (exact) mass is 208 g/mol. The first-order valence-electron chi connectivity index (χ1n) is 3.82. The molecule has 0 aromatic carbocycles. The summed E-state index contributed by atoms with van der Waals surface area (Å²) in [4.78, 5) is 10.8. The molecular formula is C6H12N2O4S. The van der Waals surface area contributed by atoms with E-state index in [0.29, 0.717) is 6.54 Å². The van der Waals surface area contributed by atoms with Gasteiger partial charge in [0.2, 0.25) is 5.91 Å². The Bertz CT molecular complexity index is 287. The SMILES string of the molecule is CS(=O)(=O)OC[C@H]1CNCC(=O)N1. The number of hydrogen-bond donors (Lipinski definition) is 2. The van der Waals surface area contributed by atoms with Crippen molar-refractivity contribution in [2.45, 2.75) is 6.04 Å². The van der Waals surface area contributed by atoms with Gasteiger partial charge in [0.15, 0.2) is 0 Å². The third-order valence-electron chi connectivity index (χ3n) is 1.52. The summed E-state index contributed by atoms with van der Waals surface area (Å²) >= 11 is 0. The van der Waals surface area contributed by atoms with Crippen molar-refractivity contribution in [3.8, 4) is 0 Å². The fourth-order valence-electron chi connectivity index (χ4n) is 0.996. The van der Waals surface area contributed by atoms with Crippen LogP contribution in [0.4, 0.5) is 0 Å². The molecule has 76 valence electrons. The highest BCUT2D eigenvalue weighted by Gasteiger charge is 2.18. The number of hydrogen-bond acceptors (Lipinski definition) is 5. The lowest BCUT2D eigenvalue weighted by molar-refractivity contribution is -0.122. The second-order valence-corrected chi connectivity index (χ2v) is 4.53. The van der Waals surface area contributed by atoms with E-state index in [2.05, 4.69) is 14.8 Å². The molecule has 0 spiro atoms. The molecule has 1 rings (SSSR count). The van der Waals surface area contributed by atoms with Gasteiger partial charge in [-0.25, -0.2) is 0 Å². The fraction of sp³-hybridized carbons (Fsp3) is 0.833. The van der Waals surface area contributed by atoms with Crippen LogP contribution in [-0.2, 0) is 19.1 Å². The van der Waals surface area contributed by atoms with Crippen molar-refractivity contribution in [2.75, 3.05) is 26.0 Å². The first kappa shape index (κ1) is 10.4. The van der Waals surface area contributed by atoms with Crippen molar-refractivity contribution >= 4 is 16.0 Å². The van der Waals surface area contributed by atoms with Crippen LogP contribution < -0.4 is 10.6 Å². The minimum atomic E-state index is -3.42. The zero-order valence-electron chi connectivity index (χ0n) is 7.24. The molecule has 0 aromatic heterocycles. The Labute approximate surface area is 76.8 Å². The van der Waals surface area contributed by atoms with Crippen molar-refractivity contribution < 1.29 is 17.4 Å². The maximum Gasteiger partial charge on any atom is 0.264 e. The van der Waals surface area contributed by atoms with Crippen molar-refractivity contribution in [1.82, 2.24) is 10.6 Å². The van der Waals surface area contributed by atoms with E-state index in [4.69, 9.17) is 0 Å². The van der Waals surface area contributed by atoms with E-state index in [-0.39, 0.29) is 25.1 Å². The van der Waals surface area contributed by atoms with Gasteiger partial charge in [0.05, 0.1) is 25.4 Å². The smallest absolute Gasteiger partial charge is 0.264 e. The van der Waals surface area contributed by atoms with E-state index in [1.165, 1.54) is 0 Å². The second kappa shape index (κ2) is 4.03. The van der Waals surface area contributed by atoms with E-state index in [1.54, 1.807) is 0 Å². The van der Waals surface area contributed by atoms with Gasteiger partial charge in [-0.2, -0.15) is 8.42 Å². The summed E-state index contributed by atoms with van der Waals surface area (Å²) in [5.41, 5.74) is 0. The number of nitrogens with one attached hydrogen (secondary N) is 2. The summed E-state index contributed by atoms with van der Waals surface area (Å²) in [5, 5.41) is 5.43. The standard InChI is InChI=1S/C6H12N2O4S/c1-13(10,11)12-4-5-2-7-3-6(9)8-5/h5,7H,2-4H2,1H3,(H,8,9)/t5-/m1/s1. The third-order valence-corrected chi connectivity index (χ3v) is 2.09. The lowest BCUT2D eigenvalue weighted by atomic mass is 10.2. The van der Waals surface area contributed by atoms with Gasteiger partial charge in [0.25, 0.3) is 10.1 Å². The normalized spacial score (nSPS) is 24.1. The highest BCUT2D eigenvalue weighted by molar-refractivity contribution is 7.85. The molecule has 6 nitrogen and oxygen atoms in total. The molecule has 0 bridgehead atoms. The Hall–Kier alpha value is -0.660. The number of carbonyl (C=O) groups is 1. The molecule has 1 aliphatic heterocycles. The number of rotatable bonds is 3. The van der Waals surface area contributed by atoms with Crippen molar-refractivity contribution in [3.63, 3.8) is 0 Å². The Morgan fingerprint density at radius 3 is 2.85 bits per heavy atom. The van der Waals surface area contributed by atoms with Crippen LogP contribution in [0.3, 0.4) is 0 Å². The van der Waals surface area contributed by atoms with Crippen LogP contribution in [0.5, 0.6) is 0 Å². The van der Waals surface area contributed by atoms with Crippen LogP contribution in [-0.4, -0.2) is 46.3 Å². The molecule has 1 atom stereocenters. The van der Waals surface area contributed by atoms with E-state index < -0.39 is 10.1 Å². The van der Waals surface area contributed by atoms with Crippen molar-refractivity contribution in [2.24, 2.45) is 0 Å². The van der Waals surface area contributed by atoms with E-state index >= 15 is 0 Å². The van der Waals surface area contributed by atoms with Gasteiger partial charge in [-0.1, -0.05) is 0 Å². The van der Waals surface area contributed by atoms with Crippen LogP contribution in [0.1, 0.15) is 0 Å². The Morgan fingerprint density at radius 1 is 1.62 bits per heavy atom. The van der Waals surface area contributed by atoms with Crippen molar-refractivity contribution in [3.05, 3.63) is 0 Å². The molecule has 0 aromatic rings. The molecule has 1 fully saturated rings. The lowest BCUT2D eigenvalue weighted by Crippen LogP contribution is -2.54. The second-order valence-electron chi connectivity index (χ2n) is 2.88. The molecule has 1 heterocycles. The van der Waals surface area contributed by atoms with Gasteiger partial charge in [-0.15, -0.1) is 0 Å². The molecule has 1 aliphatic rings. The predicted molar refractivity (Wildman–Crippen MR) is 45.6 cm³/mol. The average Bonchev–Trinajstić information content (AvgIpc) is 2.00.